The Kier molecular flexibility index (Phi) is 8.47. The number of hydrogen-bond acceptors (Lipinski definition) is 8. The number of nitrogens with zero attached hydrogens (tertiary/aromatic N) is 3. The number of carbonyl (C=O) groups is 3. The second-order valence-corrected chi connectivity index (χ2v) is 10.5. The normalized spacial score (nSPS) is 17.6. The molecule has 0 spiro atoms. The Hall–Kier alpha value is -3.12. The standard InChI is InChI=1S/C24H33N5O6S/c1-2-7-29(34-8-6-26-23(31)35-17-4-3-5-17)22(30)16-10-20-19(27-21(25)11-16)12-18(36-20)9-15-13-28(14-15)24(32)33/h10,12,15,17H,2-9,11,13-14H2,1H3,(H2,25,27)(H,26,31)(H,32,33). The number of aliphatic imine (C=N–C) groups is 1. The maximum absolute atomic E-state index is 13.3. The van der Waals surface area contributed by atoms with Crippen LogP contribution < -0.4 is 11.1 Å². The summed E-state index contributed by atoms with van der Waals surface area (Å²) in [5.74, 6) is 0.337. The number of hydroxylamine groups is 2. The lowest BCUT2D eigenvalue weighted by Crippen LogP contribution is -2.50. The minimum atomic E-state index is -0.889. The highest BCUT2D eigenvalue weighted by Gasteiger charge is 2.31. The minimum absolute atomic E-state index is 0.00852. The van der Waals surface area contributed by atoms with Gasteiger partial charge in [0, 0.05) is 43.1 Å². The maximum atomic E-state index is 13.3. The number of nitrogens with one attached hydrogen (secondary N) is 1. The van der Waals surface area contributed by atoms with Crippen LogP contribution in [0, 0.1) is 5.92 Å². The van der Waals surface area contributed by atoms with Crippen LogP contribution in [-0.4, -0.2) is 77.9 Å². The number of hydrogen-bond donors (Lipinski definition) is 3. The first-order valence-corrected chi connectivity index (χ1v) is 13.2. The number of carboxylic acid groups (broad SMARTS) is 1. The minimum Gasteiger partial charge on any atom is -0.465 e. The third kappa shape index (κ3) is 6.55. The van der Waals surface area contributed by atoms with Crippen molar-refractivity contribution in [1.82, 2.24) is 15.3 Å². The van der Waals surface area contributed by atoms with E-state index in [0.29, 0.717) is 37.5 Å². The lowest BCUT2D eigenvalue weighted by molar-refractivity contribution is -0.181. The van der Waals surface area contributed by atoms with Gasteiger partial charge in [-0.2, -0.15) is 0 Å². The maximum Gasteiger partial charge on any atom is 0.407 e. The number of amidine groups is 1. The van der Waals surface area contributed by atoms with Gasteiger partial charge in [-0.25, -0.2) is 19.6 Å². The van der Waals surface area contributed by atoms with E-state index < -0.39 is 12.2 Å². The van der Waals surface area contributed by atoms with Gasteiger partial charge in [0.15, 0.2) is 0 Å². The van der Waals surface area contributed by atoms with E-state index in [-0.39, 0.29) is 37.5 Å². The van der Waals surface area contributed by atoms with Gasteiger partial charge < -0.3 is 25.8 Å². The van der Waals surface area contributed by atoms with Crippen molar-refractivity contribution in [3.63, 3.8) is 0 Å². The van der Waals surface area contributed by atoms with Crippen LogP contribution in [0.5, 0.6) is 0 Å². The van der Waals surface area contributed by atoms with Crippen LogP contribution in [0.15, 0.2) is 16.6 Å². The Morgan fingerprint density at radius 3 is 2.78 bits per heavy atom. The molecule has 0 bridgehead atoms. The fourth-order valence-corrected chi connectivity index (χ4v) is 5.37. The summed E-state index contributed by atoms with van der Waals surface area (Å²) in [6, 6.07) is 1.97. The fourth-order valence-electron chi connectivity index (χ4n) is 4.19. The summed E-state index contributed by atoms with van der Waals surface area (Å²) in [5.41, 5.74) is 7.34. The Labute approximate surface area is 213 Å². The summed E-state index contributed by atoms with van der Waals surface area (Å²) in [7, 11) is 0. The first kappa shape index (κ1) is 26.0. The van der Waals surface area contributed by atoms with Gasteiger partial charge in [0.05, 0.1) is 17.2 Å². The number of rotatable bonds is 10. The highest BCUT2D eigenvalue weighted by Crippen LogP contribution is 2.36. The number of ether oxygens (including phenoxy) is 1. The van der Waals surface area contributed by atoms with E-state index in [1.165, 1.54) is 9.96 Å². The predicted molar refractivity (Wildman–Crippen MR) is 135 cm³/mol. The van der Waals surface area contributed by atoms with E-state index in [1.807, 2.05) is 19.1 Å². The monoisotopic (exact) mass is 519 g/mol. The van der Waals surface area contributed by atoms with Gasteiger partial charge in [-0.3, -0.25) is 9.63 Å². The molecule has 1 aromatic rings. The van der Waals surface area contributed by atoms with E-state index >= 15 is 0 Å². The van der Waals surface area contributed by atoms with Crippen molar-refractivity contribution in [2.75, 3.05) is 32.8 Å². The molecule has 4 rings (SSSR count). The fraction of sp³-hybridized carbons (Fsp3) is 0.583. The van der Waals surface area contributed by atoms with Crippen LogP contribution in [0.4, 0.5) is 15.3 Å². The summed E-state index contributed by atoms with van der Waals surface area (Å²) >= 11 is 1.54. The Morgan fingerprint density at radius 2 is 2.11 bits per heavy atom. The second-order valence-electron chi connectivity index (χ2n) is 9.29. The summed E-state index contributed by atoms with van der Waals surface area (Å²) in [6.45, 7) is 3.75. The van der Waals surface area contributed by atoms with Crippen molar-refractivity contribution in [2.24, 2.45) is 16.6 Å². The number of fused-ring (bicyclic) bond motifs is 1. The summed E-state index contributed by atoms with van der Waals surface area (Å²) in [4.78, 5) is 49.6. The molecule has 36 heavy (non-hydrogen) atoms. The van der Waals surface area contributed by atoms with Crippen molar-refractivity contribution in [2.45, 2.75) is 51.6 Å². The molecule has 2 fully saturated rings. The van der Waals surface area contributed by atoms with Gasteiger partial charge in [-0.1, -0.05) is 6.92 Å². The third-order valence-corrected chi connectivity index (χ3v) is 7.42. The van der Waals surface area contributed by atoms with Gasteiger partial charge in [-0.05, 0) is 50.2 Å². The third-order valence-electron chi connectivity index (χ3n) is 6.32. The molecule has 12 heteroatoms. The van der Waals surface area contributed by atoms with Gasteiger partial charge in [0.1, 0.15) is 11.9 Å². The molecule has 0 aromatic carbocycles. The SMILES string of the molecule is CCCN(OCCNC(=O)OC1CCC1)C(=O)C1=Cc2sc(CC3CN(C(=O)O)C3)cc2N=C(N)C1. The molecule has 3 heterocycles. The molecule has 1 aliphatic carbocycles. The highest BCUT2D eigenvalue weighted by atomic mass is 32.1. The van der Waals surface area contributed by atoms with E-state index in [4.69, 9.17) is 20.4 Å². The molecule has 1 saturated heterocycles. The Balaban J connectivity index is 1.34. The summed E-state index contributed by atoms with van der Waals surface area (Å²) in [5, 5.41) is 13.0. The van der Waals surface area contributed by atoms with Crippen molar-refractivity contribution < 1.29 is 29.1 Å². The number of thiophene rings is 1. The number of nitrogens with two attached hydrogens (primary N) is 1. The topological polar surface area (TPSA) is 147 Å². The lowest BCUT2D eigenvalue weighted by atomic mass is 9.96. The van der Waals surface area contributed by atoms with Crippen LogP contribution in [-0.2, 0) is 20.8 Å². The van der Waals surface area contributed by atoms with Crippen LogP contribution in [0.25, 0.3) is 6.08 Å². The molecule has 3 aliphatic rings. The van der Waals surface area contributed by atoms with Crippen LogP contribution >= 0.6 is 11.3 Å². The van der Waals surface area contributed by atoms with Gasteiger partial charge in [-0.15, -0.1) is 11.3 Å². The number of likely N-dealkylation sites (tertiary alicyclic amines) is 1. The van der Waals surface area contributed by atoms with Crippen molar-refractivity contribution in [3.05, 3.63) is 21.4 Å². The zero-order chi connectivity index (χ0) is 25.7. The van der Waals surface area contributed by atoms with Gasteiger partial charge >= 0.3 is 12.2 Å². The second kappa shape index (κ2) is 11.7. The van der Waals surface area contributed by atoms with Crippen molar-refractivity contribution in [1.29, 1.82) is 0 Å². The molecule has 1 saturated carbocycles. The number of amides is 3. The zero-order valence-electron chi connectivity index (χ0n) is 20.4. The molecule has 0 radical (unpaired) electrons. The quantitative estimate of drug-likeness (QED) is 0.318. The number of alkyl carbamates (subject to hydrolysis) is 1. The molecule has 3 amide bonds. The van der Waals surface area contributed by atoms with Crippen molar-refractivity contribution >= 4 is 47.0 Å². The smallest absolute Gasteiger partial charge is 0.407 e. The highest BCUT2D eigenvalue weighted by molar-refractivity contribution is 7.13. The first-order valence-electron chi connectivity index (χ1n) is 12.4. The average Bonchev–Trinajstić information content (AvgIpc) is 3.06. The zero-order valence-corrected chi connectivity index (χ0v) is 21.2. The summed E-state index contributed by atoms with van der Waals surface area (Å²) in [6.07, 6.45) is 5.03. The van der Waals surface area contributed by atoms with Gasteiger partial charge in [0.25, 0.3) is 5.91 Å². The molecular formula is C24H33N5O6S. The van der Waals surface area contributed by atoms with Crippen LogP contribution in [0.3, 0.4) is 0 Å². The largest absolute Gasteiger partial charge is 0.465 e. The molecule has 196 valence electrons. The van der Waals surface area contributed by atoms with E-state index in [0.717, 1.165) is 41.1 Å². The van der Waals surface area contributed by atoms with E-state index in [2.05, 4.69) is 10.3 Å². The van der Waals surface area contributed by atoms with E-state index in [1.54, 1.807) is 11.3 Å². The molecule has 0 unspecified atom stereocenters. The van der Waals surface area contributed by atoms with Crippen molar-refractivity contribution in [3.8, 4) is 0 Å². The number of carbonyl (C=O) groups excluding carboxylic acids is 2. The molecule has 1 aromatic heterocycles. The Morgan fingerprint density at radius 1 is 1.33 bits per heavy atom. The van der Waals surface area contributed by atoms with Gasteiger partial charge in [0.2, 0.25) is 0 Å². The molecule has 4 N–H and O–H groups in total. The van der Waals surface area contributed by atoms with Crippen LogP contribution in [0.2, 0.25) is 0 Å². The molecule has 2 aliphatic heterocycles. The predicted octanol–water partition coefficient (Wildman–Crippen LogP) is 3.13. The average molecular weight is 520 g/mol. The first-order chi connectivity index (χ1) is 17.3. The molecule has 11 nitrogen and oxygen atoms in total. The molecular weight excluding hydrogens is 486 g/mol. The van der Waals surface area contributed by atoms with Crippen LogP contribution in [0.1, 0.15) is 48.8 Å². The van der Waals surface area contributed by atoms with E-state index in [9.17, 15) is 14.4 Å². The Bertz CT molecular complexity index is 1040. The lowest BCUT2D eigenvalue weighted by Gasteiger charge is -2.36. The molecule has 0 atom stereocenters. The summed E-state index contributed by atoms with van der Waals surface area (Å²) < 4.78 is 5.25.